The molecule has 0 spiro atoms. The fourth-order valence-electron chi connectivity index (χ4n) is 2.32. The van der Waals surface area contributed by atoms with Gasteiger partial charge in [0, 0.05) is 18.6 Å². The Labute approximate surface area is 131 Å². The van der Waals surface area contributed by atoms with Gasteiger partial charge in [-0.15, -0.1) is 0 Å². The van der Waals surface area contributed by atoms with E-state index < -0.39 is 29.1 Å². The molecule has 1 N–H and O–H groups in total. The highest BCUT2D eigenvalue weighted by atomic mass is 16.6. The van der Waals surface area contributed by atoms with Gasteiger partial charge in [-0.2, -0.15) is 0 Å². The van der Waals surface area contributed by atoms with Gasteiger partial charge in [-0.05, 0) is 17.7 Å². The van der Waals surface area contributed by atoms with Crippen LogP contribution in [0, 0.1) is 10.1 Å². The number of β-amino-alcohol motifs (C(OH)–C–C–N with tert-alkyl or cyclic N) is 1. The van der Waals surface area contributed by atoms with Crippen LogP contribution in [0.5, 0.6) is 0 Å². The summed E-state index contributed by atoms with van der Waals surface area (Å²) in [7, 11) is 1.20. The topological polar surface area (TPSA) is 119 Å². The Morgan fingerprint density at radius 1 is 1.39 bits per heavy atom. The van der Waals surface area contributed by atoms with Crippen molar-refractivity contribution in [3.05, 3.63) is 39.9 Å². The molecule has 1 saturated heterocycles. The minimum Gasteiger partial charge on any atom is -0.467 e. The third-order valence-corrected chi connectivity index (χ3v) is 3.50. The van der Waals surface area contributed by atoms with Crippen LogP contribution in [0.4, 0.5) is 10.5 Å². The van der Waals surface area contributed by atoms with E-state index in [1.807, 2.05) is 0 Å². The molecule has 2 rings (SSSR count). The van der Waals surface area contributed by atoms with Gasteiger partial charge < -0.3 is 14.6 Å². The van der Waals surface area contributed by atoms with Gasteiger partial charge in [0.2, 0.25) is 0 Å². The number of hydrogen-bond acceptors (Lipinski definition) is 7. The van der Waals surface area contributed by atoms with E-state index in [9.17, 15) is 24.8 Å². The second kappa shape index (κ2) is 7.05. The van der Waals surface area contributed by atoms with Gasteiger partial charge in [0.1, 0.15) is 12.6 Å². The summed E-state index contributed by atoms with van der Waals surface area (Å²) in [4.78, 5) is 34.8. The maximum Gasteiger partial charge on any atom is 0.410 e. The van der Waals surface area contributed by atoms with Crippen molar-refractivity contribution >= 4 is 17.7 Å². The van der Waals surface area contributed by atoms with E-state index >= 15 is 0 Å². The van der Waals surface area contributed by atoms with Gasteiger partial charge in [0.05, 0.1) is 24.7 Å². The molecule has 1 heterocycles. The highest BCUT2D eigenvalue weighted by Gasteiger charge is 2.40. The lowest BCUT2D eigenvalue weighted by atomic mass is 10.2. The van der Waals surface area contributed by atoms with E-state index in [4.69, 9.17) is 4.74 Å². The van der Waals surface area contributed by atoms with Gasteiger partial charge >= 0.3 is 12.1 Å². The summed E-state index contributed by atoms with van der Waals surface area (Å²) in [6.07, 6.45) is -1.47. The fourth-order valence-corrected chi connectivity index (χ4v) is 2.32. The molecule has 1 amide bonds. The molecule has 1 aromatic carbocycles. The molecule has 0 saturated carbocycles. The number of nitro benzene ring substituents is 1. The minimum atomic E-state index is -0.876. The van der Waals surface area contributed by atoms with Crippen molar-refractivity contribution in [3.63, 3.8) is 0 Å². The van der Waals surface area contributed by atoms with Crippen molar-refractivity contribution < 1.29 is 29.1 Å². The van der Waals surface area contributed by atoms with Gasteiger partial charge in [0.25, 0.3) is 5.69 Å². The number of ether oxygens (including phenoxy) is 2. The normalized spacial score (nSPS) is 20.2. The molecule has 9 heteroatoms. The number of nitrogens with zero attached hydrogens (tertiary/aromatic N) is 2. The van der Waals surface area contributed by atoms with Crippen LogP contribution in [0.25, 0.3) is 0 Å². The Morgan fingerprint density at radius 2 is 2.04 bits per heavy atom. The number of carbonyl (C=O) groups is 2. The van der Waals surface area contributed by atoms with Crippen LogP contribution in [0.1, 0.15) is 12.0 Å². The van der Waals surface area contributed by atoms with Crippen LogP contribution in [0.2, 0.25) is 0 Å². The lowest BCUT2D eigenvalue weighted by molar-refractivity contribution is -0.384. The molecule has 1 aromatic rings. The maximum atomic E-state index is 12.0. The highest BCUT2D eigenvalue weighted by molar-refractivity contribution is 5.82. The second-order valence-corrected chi connectivity index (χ2v) is 5.06. The number of likely N-dealkylation sites (tertiary alicyclic amines) is 1. The number of rotatable bonds is 4. The van der Waals surface area contributed by atoms with Gasteiger partial charge in [-0.25, -0.2) is 9.59 Å². The van der Waals surface area contributed by atoms with E-state index in [0.717, 1.165) is 4.90 Å². The highest BCUT2D eigenvalue weighted by Crippen LogP contribution is 2.21. The number of aliphatic hydroxyl groups excluding tert-OH is 1. The lowest BCUT2D eigenvalue weighted by Crippen LogP contribution is -2.41. The van der Waals surface area contributed by atoms with Crippen LogP contribution < -0.4 is 0 Å². The Kier molecular flexibility index (Phi) is 5.12. The fraction of sp³-hybridized carbons (Fsp3) is 0.429. The first-order valence-electron chi connectivity index (χ1n) is 6.85. The second-order valence-electron chi connectivity index (χ2n) is 5.06. The number of non-ortho nitro benzene ring substituents is 1. The largest absolute Gasteiger partial charge is 0.467 e. The number of benzene rings is 1. The van der Waals surface area contributed by atoms with Gasteiger partial charge in [-0.3, -0.25) is 15.0 Å². The van der Waals surface area contributed by atoms with Crippen molar-refractivity contribution in [2.45, 2.75) is 25.2 Å². The van der Waals surface area contributed by atoms with Crippen LogP contribution >= 0.6 is 0 Å². The zero-order valence-corrected chi connectivity index (χ0v) is 12.4. The number of aliphatic hydroxyl groups is 1. The smallest absolute Gasteiger partial charge is 0.410 e. The molecule has 0 aromatic heterocycles. The van der Waals surface area contributed by atoms with Crippen LogP contribution in [-0.4, -0.2) is 52.8 Å². The molecule has 1 aliphatic rings. The number of nitro groups is 1. The first-order valence-corrected chi connectivity index (χ1v) is 6.85. The van der Waals surface area contributed by atoms with E-state index in [-0.39, 0.29) is 25.3 Å². The van der Waals surface area contributed by atoms with E-state index in [1.54, 1.807) is 0 Å². The Morgan fingerprint density at radius 3 is 2.61 bits per heavy atom. The van der Waals surface area contributed by atoms with E-state index in [0.29, 0.717) is 5.56 Å². The summed E-state index contributed by atoms with van der Waals surface area (Å²) < 4.78 is 9.68. The standard InChI is InChI=1S/C14H16N2O7/c1-22-13(18)12-6-11(17)7-15(12)14(19)23-8-9-2-4-10(5-3-9)16(20)21/h2-5,11-12,17H,6-8H2,1H3. The summed E-state index contributed by atoms with van der Waals surface area (Å²) in [5.74, 6) is -0.617. The quantitative estimate of drug-likeness (QED) is 0.495. The Bertz CT molecular complexity index is 602. The zero-order chi connectivity index (χ0) is 17.0. The molecule has 1 fully saturated rings. The third kappa shape index (κ3) is 3.95. The Balaban J connectivity index is 1.95. The first-order chi connectivity index (χ1) is 10.9. The van der Waals surface area contributed by atoms with Crippen molar-refractivity contribution in [1.82, 2.24) is 4.90 Å². The molecule has 9 nitrogen and oxygen atoms in total. The summed E-state index contributed by atoms with van der Waals surface area (Å²) in [6, 6.07) is 4.68. The zero-order valence-electron chi connectivity index (χ0n) is 12.4. The molecule has 2 atom stereocenters. The number of carbonyl (C=O) groups excluding carboxylic acids is 2. The number of amides is 1. The first kappa shape index (κ1) is 16.7. The third-order valence-electron chi connectivity index (χ3n) is 3.50. The van der Waals surface area contributed by atoms with Crippen LogP contribution in [0.15, 0.2) is 24.3 Å². The number of hydrogen-bond donors (Lipinski definition) is 1. The summed E-state index contributed by atoms with van der Waals surface area (Å²) in [6.45, 7) is -0.115. The van der Waals surface area contributed by atoms with Gasteiger partial charge in [-0.1, -0.05) is 0 Å². The average Bonchev–Trinajstić information content (AvgIpc) is 2.94. The van der Waals surface area contributed by atoms with E-state index in [1.165, 1.54) is 31.4 Å². The summed E-state index contributed by atoms with van der Waals surface area (Å²) in [5.41, 5.74) is 0.506. The molecular formula is C14H16N2O7. The monoisotopic (exact) mass is 324 g/mol. The minimum absolute atomic E-state index is 0.0150. The predicted molar refractivity (Wildman–Crippen MR) is 76.4 cm³/mol. The van der Waals surface area contributed by atoms with Crippen molar-refractivity contribution in [3.8, 4) is 0 Å². The number of methoxy groups -OCH3 is 1. The average molecular weight is 324 g/mol. The molecule has 1 aliphatic heterocycles. The Hall–Kier alpha value is -2.68. The lowest BCUT2D eigenvalue weighted by Gasteiger charge is -2.21. The summed E-state index contributed by atoms with van der Waals surface area (Å²) >= 11 is 0. The van der Waals surface area contributed by atoms with Crippen LogP contribution in [0.3, 0.4) is 0 Å². The number of esters is 1. The van der Waals surface area contributed by atoms with Crippen molar-refractivity contribution in [2.75, 3.05) is 13.7 Å². The molecule has 0 radical (unpaired) electrons. The van der Waals surface area contributed by atoms with Crippen LogP contribution in [-0.2, 0) is 20.9 Å². The molecular weight excluding hydrogens is 308 g/mol. The van der Waals surface area contributed by atoms with Gasteiger partial charge in [0.15, 0.2) is 0 Å². The molecule has 124 valence electrons. The maximum absolute atomic E-state index is 12.0. The van der Waals surface area contributed by atoms with E-state index in [2.05, 4.69) is 4.74 Å². The molecule has 2 unspecified atom stereocenters. The van der Waals surface area contributed by atoms with Crippen molar-refractivity contribution in [1.29, 1.82) is 0 Å². The molecule has 0 bridgehead atoms. The predicted octanol–water partition coefficient (Wildman–Crippen LogP) is 0.840. The molecule has 23 heavy (non-hydrogen) atoms. The summed E-state index contributed by atoms with van der Waals surface area (Å²) in [5, 5.41) is 20.2. The SMILES string of the molecule is COC(=O)C1CC(O)CN1C(=O)OCc1ccc([N+](=O)[O-])cc1. The molecule has 0 aliphatic carbocycles. The van der Waals surface area contributed by atoms with Crippen molar-refractivity contribution in [2.24, 2.45) is 0 Å².